The van der Waals surface area contributed by atoms with Crippen LogP contribution in [0.3, 0.4) is 0 Å². The van der Waals surface area contributed by atoms with E-state index in [1.54, 1.807) is 0 Å². The second-order valence-electron chi connectivity index (χ2n) is 5.72. The molecule has 0 heterocycles. The summed E-state index contributed by atoms with van der Waals surface area (Å²) in [5.74, 6) is 5.86. The third kappa shape index (κ3) is 3.53. The summed E-state index contributed by atoms with van der Waals surface area (Å²) in [7, 11) is 4.24. The van der Waals surface area contributed by atoms with Crippen LogP contribution in [0.1, 0.15) is 37.8 Å². The first-order valence-corrected chi connectivity index (χ1v) is 7.67. The topological polar surface area (TPSA) is 41.3 Å². The molecule has 0 aromatic heterocycles. The fourth-order valence-corrected chi connectivity index (χ4v) is 3.44. The van der Waals surface area contributed by atoms with Crippen LogP contribution in [0.5, 0.6) is 0 Å². The summed E-state index contributed by atoms with van der Waals surface area (Å²) in [6, 6.07) is 6.38. The Morgan fingerprint density at radius 2 is 1.90 bits per heavy atom. The number of likely N-dealkylation sites (N-methyl/N-ethyl adjacent to an activating group) is 1. The number of rotatable bonds is 7. The summed E-state index contributed by atoms with van der Waals surface area (Å²) in [6.07, 6.45) is 2.90. The van der Waals surface area contributed by atoms with E-state index in [1.165, 1.54) is 5.56 Å². The minimum Gasteiger partial charge on any atom is -0.302 e. The van der Waals surface area contributed by atoms with E-state index in [4.69, 9.17) is 17.4 Å². The molecule has 3 nitrogen and oxygen atoms in total. The summed E-state index contributed by atoms with van der Waals surface area (Å²) >= 11 is 6.36. The van der Waals surface area contributed by atoms with E-state index < -0.39 is 0 Å². The average Bonchev–Trinajstić information content (AvgIpc) is 2.41. The highest BCUT2D eigenvalue weighted by atomic mass is 35.5. The highest BCUT2D eigenvalue weighted by Crippen LogP contribution is 2.29. The molecule has 0 saturated heterocycles. The summed E-state index contributed by atoms with van der Waals surface area (Å²) in [5, 5.41) is 0.824. The summed E-state index contributed by atoms with van der Waals surface area (Å²) in [5.41, 5.74) is 5.37. The Kier molecular flexibility index (Phi) is 6.46. The van der Waals surface area contributed by atoms with Crippen LogP contribution < -0.4 is 11.3 Å². The third-order valence-electron chi connectivity index (χ3n) is 4.60. The van der Waals surface area contributed by atoms with Crippen molar-refractivity contribution in [1.29, 1.82) is 0 Å². The lowest BCUT2D eigenvalue weighted by Crippen LogP contribution is -2.61. The monoisotopic (exact) mass is 297 g/mol. The molecule has 1 aromatic rings. The van der Waals surface area contributed by atoms with Gasteiger partial charge in [0.05, 0.1) is 0 Å². The number of halogens is 1. The van der Waals surface area contributed by atoms with Gasteiger partial charge in [0.1, 0.15) is 0 Å². The minimum absolute atomic E-state index is 0.0307. The number of aryl methyl sites for hydroxylation is 1. The number of hydrogen-bond acceptors (Lipinski definition) is 3. The molecule has 0 fully saturated rings. The predicted octanol–water partition coefficient (Wildman–Crippen LogP) is 3.14. The van der Waals surface area contributed by atoms with Crippen LogP contribution in [-0.4, -0.2) is 30.6 Å². The van der Waals surface area contributed by atoms with Gasteiger partial charge in [-0.2, -0.15) is 0 Å². The van der Waals surface area contributed by atoms with Gasteiger partial charge in [-0.15, -0.1) is 0 Å². The number of nitrogens with two attached hydrogens (primary N) is 1. The van der Waals surface area contributed by atoms with Gasteiger partial charge in [0.2, 0.25) is 0 Å². The Hall–Kier alpha value is -0.610. The predicted molar refractivity (Wildman–Crippen MR) is 88.0 cm³/mol. The molecule has 1 unspecified atom stereocenters. The zero-order valence-electron chi connectivity index (χ0n) is 13.3. The third-order valence-corrected chi connectivity index (χ3v) is 4.95. The number of nitrogens with one attached hydrogen (secondary N) is 1. The van der Waals surface area contributed by atoms with E-state index in [0.29, 0.717) is 0 Å². The SMILES string of the molecule is CCC(CC)(C(Cc1ccc(C)cc1Cl)NN)N(C)C. The van der Waals surface area contributed by atoms with Gasteiger partial charge in [-0.05, 0) is 57.5 Å². The fraction of sp³-hybridized carbons (Fsp3) is 0.625. The smallest absolute Gasteiger partial charge is 0.0441 e. The van der Waals surface area contributed by atoms with E-state index >= 15 is 0 Å². The van der Waals surface area contributed by atoms with Crippen molar-refractivity contribution in [3.05, 3.63) is 34.3 Å². The standard InChI is InChI=1S/C16H28ClN3/c1-6-16(7-2,20(4)5)15(19-18)11-13-9-8-12(3)10-14(13)17/h8-10,15,19H,6-7,11,18H2,1-5H3. The molecule has 4 heteroatoms. The molecule has 1 rings (SSSR count). The van der Waals surface area contributed by atoms with Gasteiger partial charge in [-0.25, -0.2) is 0 Å². The molecule has 1 atom stereocenters. The molecule has 0 bridgehead atoms. The van der Waals surface area contributed by atoms with Crippen molar-refractivity contribution in [2.75, 3.05) is 14.1 Å². The van der Waals surface area contributed by atoms with Gasteiger partial charge in [0, 0.05) is 16.6 Å². The Bertz CT molecular complexity index is 428. The largest absolute Gasteiger partial charge is 0.302 e. The van der Waals surface area contributed by atoms with Crippen LogP contribution in [0.15, 0.2) is 18.2 Å². The maximum atomic E-state index is 6.36. The molecule has 0 saturated carbocycles. The van der Waals surface area contributed by atoms with E-state index in [0.717, 1.165) is 29.8 Å². The van der Waals surface area contributed by atoms with E-state index in [-0.39, 0.29) is 11.6 Å². The molecule has 0 aliphatic carbocycles. The molecule has 20 heavy (non-hydrogen) atoms. The average molecular weight is 298 g/mol. The van der Waals surface area contributed by atoms with Crippen LogP contribution in [0.2, 0.25) is 5.02 Å². The van der Waals surface area contributed by atoms with Gasteiger partial charge in [-0.1, -0.05) is 37.6 Å². The molecule has 0 aliphatic rings. The molecular weight excluding hydrogens is 270 g/mol. The first-order chi connectivity index (χ1) is 9.41. The van der Waals surface area contributed by atoms with Gasteiger partial charge in [0.25, 0.3) is 0 Å². The lowest BCUT2D eigenvalue weighted by atomic mass is 9.80. The molecule has 1 aromatic carbocycles. The van der Waals surface area contributed by atoms with Crippen molar-refractivity contribution in [2.24, 2.45) is 5.84 Å². The highest BCUT2D eigenvalue weighted by Gasteiger charge is 2.37. The molecule has 0 spiro atoms. The summed E-state index contributed by atoms with van der Waals surface area (Å²) in [4.78, 5) is 2.28. The second-order valence-corrected chi connectivity index (χ2v) is 6.13. The first kappa shape index (κ1) is 17.4. The first-order valence-electron chi connectivity index (χ1n) is 7.29. The second kappa shape index (κ2) is 7.41. The maximum absolute atomic E-state index is 6.36. The van der Waals surface area contributed by atoms with E-state index in [2.05, 4.69) is 57.3 Å². The normalized spacial score (nSPS) is 13.8. The fourth-order valence-electron chi connectivity index (χ4n) is 3.13. The Balaban J connectivity index is 3.06. The molecule has 0 radical (unpaired) electrons. The number of hydrazine groups is 1. The van der Waals surface area contributed by atoms with Gasteiger partial charge in [0.15, 0.2) is 0 Å². The van der Waals surface area contributed by atoms with Crippen LogP contribution in [-0.2, 0) is 6.42 Å². The van der Waals surface area contributed by atoms with Crippen molar-refractivity contribution in [2.45, 2.75) is 51.6 Å². The minimum atomic E-state index is 0.0307. The quantitative estimate of drug-likeness (QED) is 0.600. The van der Waals surface area contributed by atoms with Gasteiger partial charge in [-0.3, -0.25) is 11.3 Å². The van der Waals surface area contributed by atoms with Crippen molar-refractivity contribution in [3.63, 3.8) is 0 Å². The Morgan fingerprint density at radius 1 is 1.30 bits per heavy atom. The zero-order valence-corrected chi connectivity index (χ0v) is 14.1. The number of nitrogens with zero attached hydrogens (tertiary/aromatic N) is 1. The summed E-state index contributed by atoms with van der Waals surface area (Å²) < 4.78 is 0. The lowest BCUT2D eigenvalue weighted by Gasteiger charge is -2.45. The van der Waals surface area contributed by atoms with Crippen LogP contribution >= 0.6 is 11.6 Å². The lowest BCUT2D eigenvalue weighted by molar-refractivity contribution is 0.0882. The highest BCUT2D eigenvalue weighted by molar-refractivity contribution is 6.31. The van der Waals surface area contributed by atoms with Crippen molar-refractivity contribution in [3.8, 4) is 0 Å². The molecule has 0 amide bonds. The number of hydrogen-bond donors (Lipinski definition) is 2. The van der Waals surface area contributed by atoms with Crippen molar-refractivity contribution in [1.82, 2.24) is 10.3 Å². The van der Waals surface area contributed by atoms with Crippen LogP contribution in [0.25, 0.3) is 0 Å². The van der Waals surface area contributed by atoms with E-state index in [9.17, 15) is 0 Å². The van der Waals surface area contributed by atoms with E-state index in [1.807, 2.05) is 6.07 Å². The van der Waals surface area contributed by atoms with Gasteiger partial charge >= 0.3 is 0 Å². The summed E-state index contributed by atoms with van der Waals surface area (Å²) in [6.45, 7) is 6.48. The van der Waals surface area contributed by atoms with Gasteiger partial charge < -0.3 is 4.90 Å². The van der Waals surface area contributed by atoms with Crippen molar-refractivity contribution < 1.29 is 0 Å². The Morgan fingerprint density at radius 3 is 2.30 bits per heavy atom. The molecule has 0 aliphatic heterocycles. The van der Waals surface area contributed by atoms with Crippen LogP contribution in [0, 0.1) is 6.92 Å². The Labute approximate surface area is 128 Å². The molecule has 3 N–H and O–H groups in total. The maximum Gasteiger partial charge on any atom is 0.0441 e. The van der Waals surface area contributed by atoms with Crippen LogP contribution in [0.4, 0.5) is 0 Å². The molecular formula is C16H28ClN3. The zero-order chi connectivity index (χ0) is 15.3. The molecule has 114 valence electrons. The number of benzene rings is 1. The van der Waals surface area contributed by atoms with Crippen molar-refractivity contribution >= 4 is 11.6 Å².